The van der Waals surface area contributed by atoms with E-state index in [1.165, 1.54) is 12.2 Å². The monoisotopic (exact) mass is 300 g/mol. The average Bonchev–Trinajstić information content (AvgIpc) is 2.44. The zero-order valence-electron chi connectivity index (χ0n) is 11.4. The molecule has 1 heterocycles. The number of aliphatic imine (C=N–C) groups is 1. The van der Waals surface area contributed by atoms with Crippen LogP contribution in [0, 0.1) is 0 Å². The fraction of sp³-hybridized carbons (Fsp3) is 0.538. The second-order valence-electron chi connectivity index (χ2n) is 4.04. The lowest BCUT2D eigenvalue weighted by Crippen LogP contribution is -2.37. The molecular weight excluding hydrogens is 280 g/mol. The van der Waals surface area contributed by atoms with Crippen molar-refractivity contribution in [3.8, 4) is 0 Å². The van der Waals surface area contributed by atoms with Crippen molar-refractivity contribution in [3.05, 3.63) is 29.0 Å². The van der Waals surface area contributed by atoms with Crippen molar-refractivity contribution in [2.75, 3.05) is 25.6 Å². The Labute approximate surface area is 124 Å². The van der Waals surface area contributed by atoms with E-state index in [-0.39, 0.29) is 0 Å². The van der Waals surface area contributed by atoms with Gasteiger partial charge >= 0.3 is 0 Å². The predicted octanol–water partition coefficient (Wildman–Crippen LogP) is 2.54. The number of unbranched alkanes of at least 4 members (excludes halogenated alkanes) is 1. The van der Waals surface area contributed by atoms with Gasteiger partial charge < -0.3 is 10.6 Å². The van der Waals surface area contributed by atoms with Gasteiger partial charge in [-0.15, -0.1) is 0 Å². The van der Waals surface area contributed by atoms with Crippen molar-refractivity contribution in [2.24, 2.45) is 4.99 Å². The van der Waals surface area contributed by atoms with E-state index in [1.54, 1.807) is 19.3 Å². The third-order valence-corrected chi connectivity index (χ3v) is 3.46. The van der Waals surface area contributed by atoms with Crippen molar-refractivity contribution < 1.29 is 0 Å². The summed E-state index contributed by atoms with van der Waals surface area (Å²) in [6.45, 7) is 1.63. The van der Waals surface area contributed by atoms with Gasteiger partial charge in [0.2, 0.25) is 0 Å². The number of halogens is 1. The van der Waals surface area contributed by atoms with Crippen molar-refractivity contribution in [2.45, 2.75) is 19.4 Å². The van der Waals surface area contributed by atoms with Crippen molar-refractivity contribution >= 4 is 29.3 Å². The Morgan fingerprint density at radius 1 is 1.37 bits per heavy atom. The van der Waals surface area contributed by atoms with Crippen LogP contribution in [-0.4, -0.2) is 36.5 Å². The van der Waals surface area contributed by atoms with Gasteiger partial charge in [-0.2, -0.15) is 11.8 Å². The minimum atomic E-state index is 0.514. The van der Waals surface area contributed by atoms with Crippen LogP contribution in [-0.2, 0) is 6.54 Å². The Bertz CT molecular complexity index is 381. The Balaban J connectivity index is 2.23. The van der Waals surface area contributed by atoms with Crippen LogP contribution >= 0.6 is 23.4 Å². The number of guanidine groups is 1. The fourth-order valence-electron chi connectivity index (χ4n) is 1.50. The lowest BCUT2D eigenvalue weighted by molar-refractivity contribution is 0.732. The quantitative estimate of drug-likeness (QED) is 0.352. The number of aromatic nitrogens is 1. The van der Waals surface area contributed by atoms with Crippen LogP contribution < -0.4 is 10.6 Å². The number of thioether (sulfide) groups is 1. The van der Waals surface area contributed by atoms with Crippen LogP contribution in [0.4, 0.5) is 0 Å². The van der Waals surface area contributed by atoms with E-state index < -0.39 is 0 Å². The van der Waals surface area contributed by atoms with Crippen LogP contribution in [0.25, 0.3) is 0 Å². The highest BCUT2D eigenvalue weighted by Gasteiger charge is 1.98. The first-order valence-electron chi connectivity index (χ1n) is 6.30. The van der Waals surface area contributed by atoms with E-state index in [0.29, 0.717) is 11.7 Å². The molecule has 0 atom stereocenters. The summed E-state index contributed by atoms with van der Waals surface area (Å²) in [7, 11) is 1.78. The number of nitrogens with zero attached hydrogens (tertiary/aromatic N) is 2. The molecule has 1 aromatic rings. The lowest BCUT2D eigenvalue weighted by atomic mass is 10.3. The summed E-state index contributed by atoms with van der Waals surface area (Å²) in [6.07, 6.45) is 6.28. The molecule has 0 saturated carbocycles. The fourth-order valence-corrected chi connectivity index (χ4v) is 2.10. The van der Waals surface area contributed by atoms with E-state index in [0.717, 1.165) is 24.5 Å². The molecule has 2 N–H and O–H groups in total. The number of rotatable bonds is 7. The largest absolute Gasteiger partial charge is 0.356 e. The van der Waals surface area contributed by atoms with E-state index in [1.807, 2.05) is 17.8 Å². The van der Waals surface area contributed by atoms with Gasteiger partial charge in [-0.25, -0.2) is 4.98 Å². The molecule has 106 valence electrons. The van der Waals surface area contributed by atoms with Gasteiger partial charge in [0, 0.05) is 26.3 Å². The third-order valence-electron chi connectivity index (χ3n) is 2.54. The maximum Gasteiger partial charge on any atom is 0.191 e. The molecule has 4 nitrogen and oxygen atoms in total. The minimum Gasteiger partial charge on any atom is -0.356 e. The first-order chi connectivity index (χ1) is 9.26. The molecule has 0 spiro atoms. The molecule has 0 aliphatic carbocycles. The van der Waals surface area contributed by atoms with Gasteiger partial charge in [-0.1, -0.05) is 17.7 Å². The molecule has 0 radical (unpaired) electrons. The summed E-state index contributed by atoms with van der Waals surface area (Å²) in [5, 5.41) is 7.05. The predicted molar refractivity (Wildman–Crippen MR) is 85.1 cm³/mol. The molecule has 0 aliphatic rings. The van der Waals surface area contributed by atoms with Crippen LogP contribution in [0.1, 0.15) is 18.4 Å². The topological polar surface area (TPSA) is 49.3 Å². The molecule has 0 aliphatic heterocycles. The number of nitrogens with one attached hydrogen (secondary N) is 2. The SMILES string of the molecule is CN=C(NCCCCSC)NCc1ccc(Cl)nc1. The van der Waals surface area contributed by atoms with Crippen LogP contribution in [0.2, 0.25) is 5.15 Å². The molecule has 0 amide bonds. The van der Waals surface area contributed by atoms with Gasteiger partial charge in [0.25, 0.3) is 0 Å². The zero-order valence-corrected chi connectivity index (χ0v) is 13.0. The first-order valence-corrected chi connectivity index (χ1v) is 8.07. The average molecular weight is 301 g/mol. The summed E-state index contributed by atoms with van der Waals surface area (Å²) in [5.41, 5.74) is 1.08. The van der Waals surface area contributed by atoms with Gasteiger partial charge in [0.05, 0.1) is 0 Å². The Morgan fingerprint density at radius 3 is 2.84 bits per heavy atom. The van der Waals surface area contributed by atoms with E-state index >= 15 is 0 Å². The summed E-state index contributed by atoms with van der Waals surface area (Å²) in [5.74, 6) is 2.03. The Hall–Kier alpha value is -0.940. The van der Waals surface area contributed by atoms with Crippen molar-refractivity contribution in [3.63, 3.8) is 0 Å². The normalized spacial score (nSPS) is 11.4. The number of pyridine rings is 1. The highest BCUT2D eigenvalue weighted by molar-refractivity contribution is 7.98. The summed E-state index contributed by atoms with van der Waals surface area (Å²) >= 11 is 7.63. The Kier molecular flexibility index (Phi) is 8.41. The van der Waals surface area contributed by atoms with Crippen LogP contribution in [0.15, 0.2) is 23.3 Å². The summed E-state index contributed by atoms with van der Waals surface area (Å²) in [6, 6.07) is 3.74. The highest BCUT2D eigenvalue weighted by Crippen LogP contribution is 2.04. The summed E-state index contributed by atoms with van der Waals surface area (Å²) < 4.78 is 0. The van der Waals surface area contributed by atoms with Crippen LogP contribution in [0.5, 0.6) is 0 Å². The smallest absolute Gasteiger partial charge is 0.191 e. The third kappa shape index (κ3) is 7.28. The standard InChI is InChI=1S/C13H21ClN4S/c1-15-13(16-7-3-4-8-19-2)18-10-11-5-6-12(14)17-9-11/h5-6,9H,3-4,7-8,10H2,1-2H3,(H2,15,16,18). The van der Waals surface area contributed by atoms with Gasteiger partial charge in [-0.3, -0.25) is 4.99 Å². The van der Waals surface area contributed by atoms with Crippen molar-refractivity contribution in [1.29, 1.82) is 0 Å². The molecule has 1 aromatic heterocycles. The second-order valence-corrected chi connectivity index (χ2v) is 5.41. The minimum absolute atomic E-state index is 0.514. The van der Waals surface area contributed by atoms with E-state index in [2.05, 4.69) is 26.9 Å². The lowest BCUT2D eigenvalue weighted by Gasteiger charge is -2.11. The molecule has 0 saturated heterocycles. The molecule has 0 unspecified atom stereocenters. The number of hydrogen-bond donors (Lipinski definition) is 2. The molecule has 0 bridgehead atoms. The maximum absolute atomic E-state index is 5.74. The van der Waals surface area contributed by atoms with Crippen molar-refractivity contribution in [1.82, 2.24) is 15.6 Å². The summed E-state index contributed by atoms with van der Waals surface area (Å²) in [4.78, 5) is 8.22. The molecular formula is C13H21ClN4S. The molecule has 19 heavy (non-hydrogen) atoms. The molecule has 1 rings (SSSR count). The highest BCUT2D eigenvalue weighted by atomic mass is 35.5. The van der Waals surface area contributed by atoms with E-state index in [4.69, 9.17) is 11.6 Å². The Morgan fingerprint density at radius 2 is 2.21 bits per heavy atom. The van der Waals surface area contributed by atoms with E-state index in [9.17, 15) is 0 Å². The van der Waals surface area contributed by atoms with Gasteiger partial charge in [0.15, 0.2) is 5.96 Å². The molecule has 0 aromatic carbocycles. The number of hydrogen-bond acceptors (Lipinski definition) is 3. The molecule has 0 fully saturated rings. The maximum atomic E-state index is 5.74. The second kappa shape index (κ2) is 9.92. The zero-order chi connectivity index (χ0) is 13.9. The van der Waals surface area contributed by atoms with Gasteiger partial charge in [0.1, 0.15) is 5.15 Å². The van der Waals surface area contributed by atoms with Crippen LogP contribution in [0.3, 0.4) is 0 Å². The first kappa shape index (κ1) is 16.1. The van der Waals surface area contributed by atoms with Gasteiger partial charge in [-0.05, 0) is 36.5 Å². The molecule has 6 heteroatoms.